The predicted octanol–water partition coefficient (Wildman–Crippen LogP) is 3.81. The highest BCUT2D eigenvalue weighted by atomic mass is 32.1. The van der Waals surface area contributed by atoms with Gasteiger partial charge in [0, 0.05) is 37.4 Å². The Kier molecular flexibility index (Phi) is 7.00. The van der Waals surface area contributed by atoms with Crippen molar-refractivity contribution in [2.45, 2.75) is 13.0 Å². The molecule has 6 heteroatoms. The van der Waals surface area contributed by atoms with Gasteiger partial charge in [0.25, 0.3) is 0 Å². The Labute approximate surface area is 181 Å². The Morgan fingerprint density at radius 3 is 2.60 bits per heavy atom. The van der Waals surface area contributed by atoms with Crippen LogP contribution in [-0.2, 0) is 22.5 Å². The Morgan fingerprint density at radius 1 is 1.03 bits per heavy atom. The third kappa shape index (κ3) is 5.19. The van der Waals surface area contributed by atoms with Gasteiger partial charge in [-0.05, 0) is 46.5 Å². The van der Waals surface area contributed by atoms with E-state index < -0.39 is 0 Å². The number of carbonyl (C=O) groups excluding carboxylic acids is 1. The number of amides is 1. The lowest BCUT2D eigenvalue weighted by Crippen LogP contribution is -2.49. The zero-order valence-corrected chi connectivity index (χ0v) is 18.2. The molecule has 4 rings (SSSR count). The Hall–Kier alpha value is -2.41. The van der Waals surface area contributed by atoms with Gasteiger partial charge in [-0.25, -0.2) is 0 Å². The van der Waals surface area contributed by atoms with Crippen LogP contribution in [0.15, 0.2) is 53.9 Å². The predicted molar refractivity (Wildman–Crippen MR) is 121 cm³/mol. The summed E-state index contributed by atoms with van der Waals surface area (Å²) in [6.45, 7) is 4.92. The summed E-state index contributed by atoms with van der Waals surface area (Å²) in [7, 11) is 1.68. The quantitative estimate of drug-likeness (QED) is 0.516. The largest absolute Gasteiger partial charge is 0.497 e. The van der Waals surface area contributed by atoms with Gasteiger partial charge in [-0.15, -0.1) is 11.3 Å². The van der Waals surface area contributed by atoms with Crippen LogP contribution < -0.4 is 4.74 Å². The number of hydrogen-bond donors (Lipinski definition) is 0. The maximum Gasteiger partial charge on any atom is 0.248 e. The maximum absolute atomic E-state index is 12.5. The fourth-order valence-electron chi connectivity index (χ4n) is 3.83. The van der Waals surface area contributed by atoms with Gasteiger partial charge in [-0.3, -0.25) is 9.69 Å². The van der Waals surface area contributed by atoms with Gasteiger partial charge in [-0.2, -0.15) is 0 Å². The molecule has 0 spiro atoms. The molecule has 5 nitrogen and oxygen atoms in total. The van der Waals surface area contributed by atoms with Crippen molar-refractivity contribution in [3.05, 3.63) is 65.0 Å². The van der Waals surface area contributed by atoms with Gasteiger partial charge >= 0.3 is 0 Å². The van der Waals surface area contributed by atoms with Gasteiger partial charge < -0.3 is 14.4 Å². The number of fused-ring (bicyclic) bond motifs is 1. The summed E-state index contributed by atoms with van der Waals surface area (Å²) in [5, 5.41) is 3.40. The highest BCUT2D eigenvalue weighted by molar-refractivity contribution is 7.17. The molecule has 1 saturated heterocycles. The van der Waals surface area contributed by atoms with E-state index >= 15 is 0 Å². The van der Waals surface area contributed by atoms with Gasteiger partial charge in [0.15, 0.2) is 0 Å². The van der Waals surface area contributed by atoms with Crippen molar-refractivity contribution in [3.8, 4) is 5.75 Å². The Balaban J connectivity index is 1.17. The average molecular weight is 425 g/mol. The molecule has 2 aromatic carbocycles. The molecule has 0 atom stereocenters. The van der Waals surface area contributed by atoms with Gasteiger partial charge in [0.1, 0.15) is 12.4 Å². The summed E-state index contributed by atoms with van der Waals surface area (Å²) in [5.41, 5.74) is 2.56. The van der Waals surface area contributed by atoms with Crippen LogP contribution in [0.1, 0.15) is 11.1 Å². The standard InChI is InChI=1S/C24H28N2O3S/c1-28-22-7-5-19(6-8-22)17-25-11-13-26(14-12-25)23(27)18-29-15-9-20-3-2-4-21-10-16-30-24(20)21/h2-8,10,16H,9,11-15,17-18H2,1H3. The number of thiophene rings is 1. The molecule has 1 aromatic heterocycles. The molecule has 30 heavy (non-hydrogen) atoms. The molecule has 0 unspecified atom stereocenters. The maximum atomic E-state index is 12.5. The van der Waals surface area contributed by atoms with Crippen LogP contribution >= 0.6 is 11.3 Å². The normalized spacial score (nSPS) is 14.9. The minimum Gasteiger partial charge on any atom is -0.497 e. The fourth-order valence-corrected chi connectivity index (χ4v) is 4.77. The summed E-state index contributed by atoms with van der Waals surface area (Å²) in [4.78, 5) is 16.8. The number of methoxy groups -OCH3 is 1. The highest BCUT2D eigenvalue weighted by Crippen LogP contribution is 2.25. The third-order valence-corrected chi connectivity index (χ3v) is 6.60. The van der Waals surface area contributed by atoms with E-state index in [0.717, 1.165) is 44.9 Å². The number of carbonyl (C=O) groups is 1. The van der Waals surface area contributed by atoms with Crippen LogP contribution in [0.4, 0.5) is 0 Å². The number of hydrogen-bond acceptors (Lipinski definition) is 5. The van der Waals surface area contributed by atoms with E-state index in [4.69, 9.17) is 9.47 Å². The second kappa shape index (κ2) is 10.1. The summed E-state index contributed by atoms with van der Waals surface area (Å²) in [6, 6.07) is 16.7. The van der Waals surface area contributed by atoms with Crippen LogP contribution in [-0.4, -0.2) is 62.2 Å². The first-order valence-electron chi connectivity index (χ1n) is 10.4. The van der Waals surface area contributed by atoms with Gasteiger partial charge in [0.2, 0.25) is 5.91 Å². The molecular formula is C24H28N2O3S. The molecule has 1 aliphatic rings. The van der Waals surface area contributed by atoms with E-state index in [-0.39, 0.29) is 12.5 Å². The lowest BCUT2D eigenvalue weighted by molar-refractivity contribution is -0.137. The number of nitrogens with zero attached hydrogens (tertiary/aromatic N) is 2. The van der Waals surface area contributed by atoms with Gasteiger partial charge in [0.05, 0.1) is 13.7 Å². The van der Waals surface area contributed by atoms with Crippen molar-refractivity contribution >= 4 is 27.3 Å². The smallest absolute Gasteiger partial charge is 0.248 e. The third-order valence-electron chi connectivity index (χ3n) is 5.59. The molecule has 0 radical (unpaired) electrons. The van der Waals surface area contributed by atoms with E-state index in [9.17, 15) is 4.79 Å². The SMILES string of the molecule is COc1ccc(CN2CCN(C(=O)COCCc3cccc4ccsc34)CC2)cc1. The van der Waals surface area contributed by atoms with Crippen molar-refractivity contribution in [1.82, 2.24) is 9.80 Å². The fraction of sp³-hybridized carbons (Fsp3) is 0.375. The van der Waals surface area contributed by atoms with Crippen LogP contribution in [0.3, 0.4) is 0 Å². The lowest BCUT2D eigenvalue weighted by atomic mass is 10.1. The summed E-state index contributed by atoms with van der Waals surface area (Å²) >= 11 is 1.76. The molecular weight excluding hydrogens is 396 g/mol. The molecule has 0 saturated carbocycles. The topological polar surface area (TPSA) is 42.0 Å². The van der Waals surface area contributed by atoms with Gasteiger partial charge in [-0.1, -0.05) is 30.3 Å². The van der Waals surface area contributed by atoms with Crippen LogP contribution in [0.5, 0.6) is 5.75 Å². The van der Waals surface area contributed by atoms with Crippen molar-refractivity contribution in [2.75, 3.05) is 46.5 Å². The molecule has 1 aliphatic heterocycles. The first-order chi connectivity index (χ1) is 14.7. The lowest BCUT2D eigenvalue weighted by Gasteiger charge is -2.34. The molecule has 1 amide bonds. The molecule has 158 valence electrons. The van der Waals surface area contributed by atoms with Crippen LogP contribution in [0.2, 0.25) is 0 Å². The van der Waals surface area contributed by atoms with Crippen molar-refractivity contribution in [2.24, 2.45) is 0 Å². The number of benzene rings is 2. The molecule has 0 aliphatic carbocycles. The summed E-state index contributed by atoms with van der Waals surface area (Å²) in [5.74, 6) is 0.967. The Morgan fingerprint density at radius 2 is 1.83 bits per heavy atom. The first kappa shape index (κ1) is 20.8. The van der Waals surface area contributed by atoms with E-state index in [1.165, 1.54) is 21.2 Å². The highest BCUT2D eigenvalue weighted by Gasteiger charge is 2.21. The zero-order valence-electron chi connectivity index (χ0n) is 17.4. The minimum atomic E-state index is 0.0911. The molecule has 3 aromatic rings. The van der Waals surface area contributed by atoms with E-state index in [1.807, 2.05) is 17.0 Å². The van der Waals surface area contributed by atoms with Crippen molar-refractivity contribution < 1.29 is 14.3 Å². The monoisotopic (exact) mass is 424 g/mol. The van der Waals surface area contributed by atoms with Crippen LogP contribution in [0.25, 0.3) is 10.1 Å². The van der Waals surface area contributed by atoms with Crippen molar-refractivity contribution in [1.29, 1.82) is 0 Å². The molecule has 0 bridgehead atoms. The van der Waals surface area contributed by atoms with E-state index in [1.54, 1.807) is 18.4 Å². The van der Waals surface area contributed by atoms with E-state index in [0.29, 0.717) is 6.61 Å². The number of ether oxygens (including phenoxy) is 2. The second-order valence-electron chi connectivity index (χ2n) is 7.56. The molecule has 2 heterocycles. The summed E-state index contributed by atoms with van der Waals surface area (Å²) < 4.78 is 12.2. The zero-order chi connectivity index (χ0) is 20.8. The Bertz CT molecular complexity index is 962. The first-order valence-corrected chi connectivity index (χ1v) is 11.3. The molecule has 0 N–H and O–H groups in total. The summed E-state index contributed by atoms with van der Waals surface area (Å²) in [6.07, 6.45) is 0.834. The number of piperazine rings is 1. The number of rotatable bonds is 8. The minimum absolute atomic E-state index is 0.0911. The van der Waals surface area contributed by atoms with Crippen molar-refractivity contribution in [3.63, 3.8) is 0 Å². The second-order valence-corrected chi connectivity index (χ2v) is 8.48. The average Bonchev–Trinajstić information content (AvgIpc) is 3.27. The van der Waals surface area contributed by atoms with Crippen LogP contribution in [0, 0.1) is 0 Å². The van der Waals surface area contributed by atoms with E-state index in [2.05, 4.69) is 46.7 Å². The molecule has 1 fully saturated rings.